The van der Waals surface area contributed by atoms with Crippen molar-refractivity contribution in [1.82, 2.24) is 0 Å². The fourth-order valence-electron chi connectivity index (χ4n) is 1.95. The van der Waals surface area contributed by atoms with Gasteiger partial charge in [-0.05, 0) is 44.4 Å². The molecule has 1 atom stereocenters. The van der Waals surface area contributed by atoms with Gasteiger partial charge in [-0.2, -0.15) is 0 Å². The molecule has 2 heteroatoms. The summed E-state index contributed by atoms with van der Waals surface area (Å²) in [6.45, 7) is 5.72. The van der Waals surface area contributed by atoms with Gasteiger partial charge in [0.1, 0.15) is 17.4 Å². The summed E-state index contributed by atoms with van der Waals surface area (Å²) in [7, 11) is 0. The lowest BCUT2D eigenvalue weighted by molar-refractivity contribution is 0.140. The van der Waals surface area contributed by atoms with E-state index in [0.29, 0.717) is 12.2 Å². The van der Waals surface area contributed by atoms with Gasteiger partial charge in [-0.15, -0.1) is 6.58 Å². The Bertz CT molecular complexity index is 511. The molecular weight excluding hydrogens is 212 g/mol. The van der Waals surface area contributed by atoms with E-state index in [1.807, 2.05) is 31.2 Å². The molecule has 2 rings (SSSR count). The van der Waals surface area contributed by atoms with E-state index in [-0.39, 0.29) is 0 Å². The topological polar surface area (TPSA) is 33.4 Å². The maximum atomic E-state index is 9.99. The lowest BCUT2D eigenvalue weighted by Crippen LogP contribution is -1.94. The van der Waals surface area contributed by atoms with E-state index >= 15 is 0 Å². The number of aliphatic hydroxyl groups is 1. The summed E-state index contributed by atoms with van der Waals surface area (Å²) in [6.07, 6.45) is 3.93. The molecule has 0 bridgehead atoms. The molecule has 0 aliphatic rings. The van der Waals surface area contributed by atoms with Crippen LogP contribution in [0.5, 0.6) is 0 Å². The molecule has 17 heavy (non-hydrogen) atoms. The zero-order chi connectivity index (χ0) is 12.3. The Hall–Kier alpha value is -1.54. The summed E-state index contributed by atoms with van der Waals surface area (Å²) < 4.78 is 5.64. The summed E-state index contributed by atoms with van der Waals surface area (Å²) in [5, 5.41) is 11.0. The Balaban J connectivity index is 2.15. The lowest BCUT2D eigenvalue weighted by Gasteiger charge is -2.05. The van der Waals surface area contributed by atoms with Gasteiger partial charge < -0.3 is 9.52 Å². The Kier molecular flexibility index (Phi) is 3.64. The minimum atomic E-state index is -0.511. The van der Waals surface area contributed by atoms with E-state index in [2.05, 4.69) is 12.6 Å². The first-order valence-corrected chi connectivity index (χ1v) is 6.00. The van der Waals surface area contributed by atoms with Crippen LogP contribution in [-0.2, 0) is 0 Å². The number of furan rings is 1. The molecule has 1 aromatic heterocycles. The minimum absolute atomic E-state index is 0.511. The Morgan fingerprint density at radius 1 is 1.41 bits per heavy atom. The Morgan fingerprint density at radius 2 is 2.24 bits per heavy atom. The molecule has 2 aromatic rings. The van der Waals surface area contributed by atoms with E-state index in [4.69, 9.17) is 4.42 Å². The van der Waals surface area contributed by atoms with Gasteiger partial charge in [0.15, 0.2) is 0 Å². The summed E-state index contributed by atoms with van der Waals surface area (Å²) in [5.41, 5.74) is 2.04. The SMILES string of the molecule is C=CCCCC(O)c1cc2cc(C)ccc2o1. The quantitative estimate of drug-likeness (QED) is 0.619. The third-order valence-corrected chi connectivity index (χ3v) is 2.91. The molecule has 1 aromatic carbocycles. The van der Waals surface area contributed by atoms with Crippen LogP contribution in [0.4, 0.5) is 0 Å². The molecule has 2 nitrogen and oxygen atoms in total. The van der Waals surface area contributed by atoms with E-state index < -0.39 is 6.10 Å². The molecule has 0 saturated carbocycles. The number of unbranched alkanes of at least 4 members (excludes halogenated alkanes) is 1. The maximum absolute atomic E-state index is 9.99. The highest BCUT2D eigenvalue weighted by molar-refractivity contribution is 5.78. The van der Waals surface area contributed by atoms with Crippen molar-refractivity contribution in [2.45, 2.75) is 32.3 Å². The monoisotopic (exact) mass is 230 g/mol. The maximum Gasteiger partial charge on any atom is 0.134 e. The second-order valence-electron chi connectivity index (χ2n) is 4.43. The molecule has 1 heterocycles. The summed E-state index contributed by atoms with van der Waals surface area (Å²) in [5.74, 6) is 0.662. The molecule has 0 radical (unpaired) electrons. The molecule has 1 N–H and O–H groups in total. The average molecular weight is 230 g/mol. The zero-order valence-electron chi connectivity index (χ0n) is 10.1. The van der Waals surface area contributed by atoms with Crippen molar-refractivity contribution < 1.29 is 9.52 Å². The summed E-state index contributed by atoms with van der Waals surface area (Å²) in [4.78, 5) is 0. The smallest absolute Gasteiger partial charge is 0.134 e. The highest BCUT2D eigenvalue weighted by atomic mass is 16.4. The van der Waals surface area contributed by atoms with Gasteiger partial charge in [-0.3, -0.25) is 0 Å². The molecule has 0 aliphatic carbocycles. The lowest BCUT2D eigenvalue weighted by atomic mass is 10.1. The van der Waals surface area contributed by atoms with Crippen LogP contribution in [-0.4, -0.2) is 5.11 Å². The van der Waals surface area contributed by atoms with Crippen molar-refractivity contribution in [3.8, 4) is 0 Å². The van der Waals surface area contributed by atoms with Crippen LogP contribution in [0.15, 0.2) is 41.3 Å². The second-order valence-corrected chi connectivity index (χ2v) is 4.43. The van der Waals surface area contributed by atoms with Crippen molar-refractivity contribution in [2.24, 2.45) is 0 Å². The first-order chi connectivity index (χ1) is 8.20. The second kappa shape index (κ2) is 5.19. The van der Waals surface area contributed by atoms with E-state index in [1.54, 1.807) is 0 Å². The first kappa shape index (κ1) is 11.9. The number of benzene rings is 1. The first-order valence-electron chi connectivity index (χ1n) is 6.00. The Labute approximate surface area is 102 Å². The molecule has 0 saturated heterocycles. The number of hydrogen-bond acceptors (Lipinski definition) is 2. The summed E-state index contributed by atoms with van der Waals surface area (Å²) in [6, 6.07) is 7.96. The van der Waals surface area contributed by atoms with Gasteiger partial charge >= 0.3 is 0 Å². The third-order valence-electron chi connectivity index (χ3n) is 2.91. The highest BCUT2D eigenvalue weighted by Gasteiger charge is 2.12. The molecule has 1 unspecified atom stereocenters. The minimum Gasteiger partial charge on any atom is -0.458 e. The van der Waals surface area contributed by atoms with Gasteiger partial charge in [-0.25, -0.2) is 0 Å². The highest BCUT2D eigenvalue weighted by Crippen LogP contribution is 2.27. The number of rotatable bonds is 5. The van der Waals surface area contributed by atoms with Crippen LogP contribution in [0.1, 0.15) is 36.7 Å². The molecular formula is C15H18O2. The van der Waals surface area contributed by atoms with Gasteiger partial charge in [0.25, 0.3) is 0 Å². The van der Waals surface area contributed by atoms with Crippen LogP contribution < -0.4 is 0 Å². The predicted octanol–water partition coefficient (Wildman–Crippen LogP) is 4.13. The normalized spacial score (nSPS) is 12.8. The Morgan fingerprint density at radius 3 is 3.00 bits per heavy atom. The van der Waals surface area contributed by atoms with Crippen LogP contribution in [0.3, 0.4) is 0 Å². The van der Waals surface area contributed by atoms with E-state index in [1.165, 1.54) is 5.56 Å². The molecule has 0 spiro atoms. The number of fused-ring (bicyclic) bond motifs is 1. The average Bonchev–Trinajstić information content (AvgIpc) is 2.72. The molecule has 0 aliphatic heterocycles. The fraction of sp³-hybridized carbons (Fsp3) is 0.333. The number of allylic oxidation sites excluding steroid dienone is 1. The van der Waals surface area contributed by atoms with Gasteiger partial charge in [0.2, 0.25) is 0 Å². The molecule has 90 valence electrons. The van der Waals surface area contributed by atoms with Crippen molar-refractivity contribution in [3.63, 3.8) is 0 Å². The van der Waals surface area contributed by atoms with Gasteiger partial charge in [-0.1, -0.05) is 17.7 Å². The third kappa shape index (κ3) is 2.77. The van der Waals surface area contributed by atoms with Crippen molar-refractivity contribution in [3.05, 3.63) is 48.2 Å². The molecule has 0 fully saturated rings. The van der Waals surface area contributed by atoms with Crippen molar-refractivity contribution >= 4 is 11.0 Å². The standard InChI is InChI=1S/C15H18O2/c1-3-4-5-6-13(16)15-10-12-9-11(2)7-8-14(12)17-15/h3,7-10,13,16H,1,4-6H2,2H3. The van der Waals surface area contributed by atoms with Crippen molar-refractivity contribution in [2.75, 3.05) is 0 Å². The van der Waals surface area contributed by atoms with Crippen LogP contribution >= 0.6 is 0 Å². The van der Waals surface area contributed by atoms with Gasteiger partial charge in [0.05, 0.1) is 0 Å². The van der Waals surface area contributed by atoms with E-state index in [0.717, 1.165) is 23.8 Å². The van der Waals surface area contributed by atoms with Crippen LogP contribution in [0, 0.1) is 6.92 Å². The summed E-state index contributed by atoms with van der Waals surface area (Å²) >= 11 is 0. The van der Waals surface area contributed by atoms with Crippen LogP contribution in [0.2, 0.25) is 0 Å². The fourth-order valence-corrected chi connectivity index (χ4v) is 1.95. The van der Waals surface area contributed by atoms with Crippen LogP contribution in [0.25, 0.3) is 11.0 Å². The van der Waals surface area contributed by atoms with Gasteiger partial charge in [0, 0.05) is 5.39 Å². The van der Waals surface area contributed by atoms with E-state index in [9.17, 15) is 5.11 Å². The number of hydrogen-bond donors (Lipinski definition) is 1. The number of aliphatic hydroxyl groups excluding tert-OH is 1. The number of aryl methyl sites for hydroxylation is 1. The zero-order valence-corrected chi connectivity index (χ0v) is 10.1. The largest absolute Gasteiger partial charge is 0.458 e. The van der Waals surface area contributed by atoms with Crippen molar-refractivity contribution in [1.29, 1.82) is 0 Å². The predicted molar refractivity (Wildman–Crippen MR) is 70.0 cm³/mol. The molecule has 0 amide bonds.